The number of anilines is 1. The second-order valence-electron chi connectivity index (χ2n) is 6.08. The van der Waals surface area contributed by atoms with E-state index in [0.717, 1.165) is 12.1 Å². The first-order valence-electron chi connectivity index (χ1n) is 9.04. The van der Waals surface area contributed by atoms with Crippen molar-refractivity contribution in [1.29, 1.82) is 0 Å². The summed E-state index contributed by atoms with van der Waals surface area (Å²) in [5, 5.41) is 0. The van der Waals surface area contributed by atoms with E-state index >= 15 is 0 Å². The molecule has 0 atom stereocenters. The van der Waals surface area contributed by atoms with Gasteiger partial charge in [0.1, 0.15) is 0 Å². The Morgan fingerprint density at radius 1 is 0.586 bits per heavy atom. The Hall–Kier alpha value is -1.63. The largest absolute Gasteiger partial charge is 0.399 e. The molecule has 0 amide bonds. The molecule has 148 valence electrons. The molecule has 0 spiro atoms. The summed E-state index contributed by atoms with van der Waals surface area (Å²) in [5.41, 5.74) is 8.86. The molecule has 0 aromatic heterocycles. The topological polar surface area (TPSA) is 26.0 Å². The first-order valence-corrected chi connectivity index (χ1v) is 11.7. The number of hydrogen-bond acceptors (Lipinski definition) is 1. The lowest BCUT2D eigenvalue weighted by Gasteiger charge is -2.03. The van der Waals surface area contributed by atoms with Crippen LogP contribution in [0.4, 0.5) is 5.69 Å². The van der Waals surface area contributed by atoms with Gasteiger partial charge in [-0.2, -0.15) is 0 Å². The van der Waals surface area contributed by atoms with Gasteiger partial charge in [0.2, 0.25) is 0 Å². The van der Waals surface area contributed by atoms with Crippen molar-refractivity contribution < 1.29 is 0 Å². The Morgan fingerprint density at radius 2 is 1.07 bits per heavy atom. The van der Waals surface area contributed by atoms with Crippen LogP contribution in [-0.4, -0.2) is 0 Å². The minimum Gasteiger partial charge on any atom is -0.399 e. The smallest absolute Gasteiger partial charge is 0.0313 e. The molecule has 4 rings (SSSR count). The lowest BCUT2D eigenvalue weighted by atomic mass is 10.1. The fourth-order valence-corrected chi connectivity index (χ4v) is 3.45. The van der Waals surface area contributed by atoms with Crippen LogP contribution >= 0.6 is 54.5 Å². The van der Waals surface area contributed by atoms with Crippen molar-refractivity contribution in [3.8, 4) is 0 Å². The van der Waals surface area contributed by atoms with Crippen LogP contribution in [0.25, 0.3) is 0 Å². The van der Waals surface area contributed by atoms with Crippen molar-refractivity contribution in [3.63, 3.8) is 0 Å². The zero-order valence-corrected chi connectivity index (χ0v) is 21.1. The maximum absolute atomic E-state index is 5.36. The van der Waals surface area contributed by atoms with Gasteiger partial charge in [-0.15, -0.1) is 0 Å². The molecule has 0 fully saturated rings. The molecular formula is C25H22Br2IN. The van der Waals surface area contributed by atoms with Gasteiger partial charge in [0.05, 0.1) is 0 Å². The lowest BCUT2D eigenvalue weighted by Crippen LogP contribution is -1.88. The Morgan fingerprint density at radius 3 is 1.52 bits per heavy atom. The maximum atomic E-state index is 5.36. The van der Waals surface area contributed by atoms with Crippen LogP contribution in [0.5, 0.6) is 0 Å². The molecule has 29 heavy (non-hydrogen) atoms. The first-order chi connectivity index (χ1) is 14.1. The van der Waals surface area contributed by atoms with E-state index in [1.165, 1.54) is 23.6 Å². The molecular weight excluding hydrogens is 601 g/mol. The van der Waals surface area contributed by atoms with Crippen molar-refractivity contribution in [2.45, 2.75) is 6.42 Å². The number of nitrogen functional groups attached to an aromatic ring is 1. The Balaban J connectivity index is 0.000000170. The van der Waals surface area contributed by atoms with Crippen LogP contribution < -0.4 is 5.73 Å². The molecule has 4 aromatic rings. The minimum absolute atomic E-state index is 0.822. The third-order valence-electron chi connectivity index (χ3n) is 3.82. The van der Waals surface area contributed by atoms with E-state index in [0.29, 0.717) is 0 Å². The predicted molar refractivity (Wildman–Crippen MR) is 141 cm³/mol. The summed E-state index contributed by atoms with van der Waals surface area (Å²) in [6.07, 6.45) is 0.988. The highest BCUT2D eigenvalue weighted by Gasteiger charge is 1.98. The van der Waals surface area contributed by atoms with Crippen molar-refractivity contribution in [1.82, 2.24) is 0 Å². The number of rotatable bonds is 2. The molecule has 0 unspecified atom stereocenters. The second kappa shape index (κ2) is 13.6. The average molecular weight is 623 g/mol. The highest BCUT2D eigenvalue weighted by molar-refractivity contribution is 14.1. The summed E-state index contributed by atoms with van der Waals surface area (Å²) in [7, 11) is 0. The predicted octanol–water partition coefficient (Wildman–Crippen LogP) is 8.36. The molecule has 0 bridgehead atoms. The molecule has 0 aliphatic rings. The van der Waals surface area contributed by atoms with Crippen LogP contribution in [0, 0.1) is 3.57 Å². The summed E-state index contributed by atoms with van der Waals surface area (Å²) < 4.78 is 3.61. The fraction of sp³-hybridized carbons (Fsp3) is 0.0400. The van der Waals surface area contributed by atoms with Gasteiger partial charge in [-0.1, -0.05) is 94.8 Å². The zero-order valence-electron chi connectivity index (χ0n) is 15.8. The summed E-state index contributed by atoms with van der Waals surface area (Å²) in [6, 6.07) is 36.4. The van der Waals surface area contributed by atoms with E-state index in [1.807, 2.05) is 60.7 Å². The molecule has 0 saturated heterocycles. The Labute approximate surface area is 203 Å². The quantitative estimate of drug-likeness (QED) is 0.176. The van der Waals surface area contributed by atoms with Gasteiger partial charge < -0.3 is 5.73 Å². The highest BCUT2D eigenvalue weighted by atomic mass is 127. The number of nitrogens with two attached hydrogens (primary N) is 1. The average Bonchev–Trinajstić information content (AvgIpc) is 2.74. The van der Waals surface area contributed by atoms with E-state index in [4.69, 9.17) is 5.73 Å². The van der Waals surface area contributed by atoms with E-state index in [1.54, 1.807) is 0 Å². The maximum Gasteiger partial charge on any atom is 0.0313 e. The van der Waals surface area contributed by atoms with E-state index in [9.17, 15) is 0 Å². The molecule has 0 aliphatic carbocycles. The van der Waals surface area contributed by atoms with Crippen LogP contribution in [0.3, 0.4) is 0 Å². The standard InChI is InChI=1S/C13H11Br.C6H4BrI.C6H7N/c14-13-9-5-4-8-12(13)10-11-6-2-1-3-7-11;7-5-3-1-2-4-6(5)8;7-6-4-2-1-3-5-6/h1-9H,10H2;1-4H;1-5H,7H2. The van der Waals surface area contributed by atoms with E-state index in [2.05, 4.69) is 103 Å². The number of para-hydroxylation sites is 1. The molecule has 1 nitrogen and oxygen atoms in total. The van der Waals surface area contributed by atoms with Gasteiger partial charge in [-0.3, -0.25) is 0 Å². The lowest BCUT2D eigenvalue weighted by molar-refractivity contribution is 1.18. The Kier molecular flexibility index (Phi) is 11.1. The summed E-state index contributed by atoms with van der Waals surface area (Å²) in [6.45, 7) is 0. The number of hydrogen-bond donors (Lipinski definition) is 1. The van der Waals surface area contributed by atoms with Crippen molar-refractivity contribution in [2.24, 2.45) is 0 Å². The van der Waals surface area contributed by atoms with E-state index < -0.39 is 0 Å². The van der Waals surface area contributed by atoms with Crippen LogP contribution in [0.2, 0.25) is 0 Å². The third-order valence-corrected chi connectivity index (χ3v) is 6.97. The SMILES string of the molecule is Brc1ccccc1Cc1ccccc1.Brc1ccccc1I.Nc1ccccc1. The van der Waals surface area contributed by atoms with Crippen molar-refractivity contribution in [3.05, 3.63) is 133 Å². The van der Waals surface area contributed by atoms with Gasteiger partial charge in [0, 0.05) is 18.2 Å². The molecule has 0 saturated carbocycles. The second-order valence-corrected chi connectivity index (χ2v) is 8.95. The Bertz CT molecular complexity index is 955. The van der Waals surface area contributed by atoms with Gasteiger partial charge in [-0.25, -0.2) is 0 Å². The van der Waals surface area contributed by atoms with Gasteiger partial charge in [0.15, 0.2) is 0 Å². The molecule has 0 aliphatic heterocycles. The van der Waals surface area contributed by atoms with Gasteiger partial charge >= 0.3 is 0 Å². The van der Waals surface area contributed by atoms with Gasteiger partial charge in [0.25, 0.3) is 0 Å². The summed E-state index contributed by atoms with van der Waals surface area (Å²) in [4.78, 5) is 0. The molecule has 0 heterocycles. The normalized spacial score (nSPS) is 9.48. The fourth-order valence-electron chi connectivity index (χ4n) is 2.35. The van der Waals surface area contributed by atoms with E-state index in [-0.39, 0.29) is 0 Å². The van der Waals surface area contributed by atoms with Crippen molar-refractivity contribution >= 4 is 60.1 Å². The minimum atomic E-state index is 0.822. The molecule has 0 radical (unpaired) electrons. The number of halogens is 3. The summed E-state index contributed by atoms with van der Waals surface area (Å²) in [5.74, 6) is 0. The molecule has 2 N–H and O–H groups in total. The van der Waals surface area contributed by atoms with Gasteiger partial charge in [-0.05, 0) is 86.4 Å². The zero-order chi connectivity index (χ0) is 20.9. The first kappa shape index (κ1) is 23.6. The van der Waals surface area contributed by atoms with Crippen LogP contribution in [-0.2, 0) is 6.42 Å². The van der Waals surface area contributed by atoms with Crippen molar-refractivity contribution in [2.75, 3.05) is 5.73 Å². The molecule has 4 aromatic carbocycles. The number of benzene rings is 4. The molecule has 4 heteroatoms. The summed E-state index contributed by atoms with van der Waals surface area (Å²) >= 11 is 9.22. The third kappa shape index (κ3) is 9.61. The monoisotopic (exact) mass is 621 g/mol. The van der Waals surface area contributed by atoms with Crippen LogP contribution in [0.1, 0.15) is 11.1 Å². The highest BCUT2D eigenvalue weighted by Crippen LogP contribution is 2.19. The van der Waals surface area contributed by atoms with Crippen LogP contribution in [0.15, 0.2) is 118 Å².